The van der Waals surface area contributed by atoms with E-state index < -0.39 is 6.10 Å². The second-order valence-corrected chi connectivity index (χ2v) is 6.28. The second-order valence-electron chi connectivity index (χ2n) is 6.28. The van der Waals surface area contributed by atoms with Gasteiger partial charge in [0.25, 0.3) is 0 Å². The van der Waals surface area contributed by atoms with Crippen molar-refractivity contribution >= 4 is 10.8 Å². The van der Waals surface area contributed by atoms with Crippen molar-refractivity contribution < 1.29 is 5.11 Å². The number of β-amino-alcohol motifs (C(OH)–C–C–N with tert-alkyl or cyclic N) is 1. The first-order valence-corrected chi connectivity index (χ1v) is 8.15. The highest BCUT2D eigenvalue weighted by atomic mass is 16.3. The fourth-order valence-electron chi connectivity index (χ4n) is 3.47. The summed E-state index contributed by atoms with van der Waals surface area (Å²) in [6.45, 7) is 4.15. The van der Waals surface area contributed by atoms with Gasteiger partial charge in [0.15, 0.2) is 0 Å². The Balaban J connectivity index is 1.81. The van der Waals surface area contributed by atoms with E-state index in [4.69, 9.17) is 0 Å². The summed E-state index contributed by atoms with van der Waals surface area (Å²) in [4.78, 5) is 2.46. The molecule has 0 bridgehead atoms. The van der Waals surface area contributed by atoms with Crippen molar-refractivity contribution in [3.05, 3.63) is 48.0 Å². The van der Waals surface area contributed by atoms with Gasteiger partial charge in [-0.15, -0.1) is 0 Å². The molecule has 0 amide bonds. The molecule has 2 atom stereocenters. The van der Waals surface area contributed by atoms with Gasteiger partial charge in [0.05, 0.1) is 6.10 Å². The van der Waals surface area contributed by atoms with Crippen molar-refractivity contribution in [2.45, 2.75) is 44.8 Å². The quantitative estimate of drug-likeness (QED) is 0.915. The summed E-state index contributed by atoms with van der Waals surface area (Å²) in [6, 6.07) is 15.1. The molecule has 0 aliphatic carbocycles. The molecule has 2 aromatic carbocycles. The van der Waals surface area contributed by atoms with E-state index in [1.807, 2.05) is 12.1 Å². The highest BCUT2D eigenvalue weighted by Crippen LogP contribution is 2.26. The fraction of sp³-hybridized carbons (Fsp3) is 0.474. The molecule has 112 valence electrons. The molecular weight excluding hydrogens is 258 g/mol. The number of aliphatic hydroxyl groups excluding tert-OH is 1. The van der Waals surface area contributed by atoms with Crippen molar-refractivity contribution in [2.75, 3.05) is 13.1 Å². The molecular formula is C19H25NO. The van der Waals surface area contributed by atoms with Crippen molar-refractivity contribution in [1.29, 1.82) is 0 Å². The zero-order chi connectivity index (χ0) is 14.7. The van der Waals surface area contributed by atoms with Crippen LogP contribution in [-0.4, -0.2) is 29.1 Å². The normalized spacial score (nSPS) is 22.1. The van der Waals surface area contributed by atoms with Crippen LogP contribution in [0.2, 0.25) is 0 Å². The van der Waals surface area contributed by atoms with Gasteiger partial charge in [-0.25, -0.2) is 0 Å². The van der Waals surface area contributed by atoms with Gasteiger partial charge in [-0.2, -0.15) is 0 Å². The molecule has 0 spiro atoms. The molecule has 2 unspecified atom stereocenters. The van der Waals surface area contributed by atoms with Gasteiger partial charge in [-0.3, -0.25) is 4.90 Å². The maximum Gasteiger partial charge on any atom is 0.0923 e. The molecule has 2 aromatic rings. The van der Waals surface area contributed by atoms with Crippen LogP contribution < -0.4 is 0 Å². The Morgan fingerprint density at radius 1 is 1.10 bits per heavy atom. The number of rotatable bonds is 3. The van der Waals surface area contributed by atoms with E-state index in [1.165, 1.54) is 36.5 Å². The molecule has 0 aromatic heterocycles. The summed E-state index contributed by atoms with van der Waals surface area (Å²) < 4.78 is 0. The number of aliphatic hydroxyl groups is 1. The first-order chi connectivity index (χ1) is 10.3. The van der Waals surface area contributed by atoms with E-state index >= 15 is 0 Å². The smallest absolute Gasteiger partial charge is 0.0923 e. The molecule has 21 heavy (non-hydrogen) atoms. The lowest BCUT2D eigenvalue weighted by molar-refractivity contribution is 0.0938. The molecule has 1 aliphatic heterocycles. The standard InChI is InChI=1S/C19H25NO/c1-15-8-3-2-6-13-20(15)14-19(21)18-12-7-10-16-9-4-5-11-17(16)18/h4-5,7,9-12,15,19,21H,2-3,6,8,13-14H2,1H3. The van der Waals surface area contributed by atoms with E-state index in [0.29, 0.717) is 6.04 Å². The number of hydrogen-bond donors (Lipinski definition) is 1. The summed E-state index contributed by atoms with van der Waals surface area (Å²) >= 11 is 0. The average molecular weight is 283 g/mol. The van der Waals surface area contributed by atoms with Crippen LogP contribution in [0.5, 0.6) is 0 Å². The summed E-state index contributed by atoms with van der Waals surface area (Å²) in [6.07, 6.45) is 4.75. The Bertz CT molecular complexity index is 590. The van der Waals surface area contributed by atoms with Crippen molar-refractivity contribution in [3.63, 3.8) is 0 Å². The van der Waals surface area contributed by atoms with E-state index in [-0.39, 0.29) is 0 Å². The lowest BCUT2D eigenvalue weighted by Crippen LogP contribution is -2.36. The Morgan fingerprint density at radius 2 is 1.90 bits per heavy atom. The first-order valence-electron chi connectivity index (χ1n) is 8.15. The zero-order valence-corrected chi connectivity index (χ0v) is 12.8. The number of benzene rings is 2. The van der Waals surface area contributed by atoms with E-state index in [2.05, 4.69) is 42.2 Å². The van der Waals surface area contributed by atoms with Gasteiger partial charge in [0.2, 0.25) is 0 Å². The average Bonchev–Trinajstić information content (AvgIpc) is 2.71. The zero-order valence-electron chi connectivity index (χ0n) is 12.8. The lowest BCUT2D eigenvalue weighted by atomic mass is 9.99. The van der Waals surface area contributed by atoms with Crippen LogP contribution >= 0.6 is 0 Å². The van der Waals surface area contributed by atoms with Gasteiger partial charge < -0.3 is 5.11 Å². The summed E-state index contributed by atoms with van der Waals surface area (Å²) in [5, 5.41) is 13.1. The van der Waals surface area contributed by atoms with Crippen LogP contribution in [-0.2, 0) is 0 Å². The van der Waals surface area contributed by atoms with Gasteiger partial charge in [0.1, 0.15) is 0 Å². The largest absolute Gasteiger partial charge is 0.387 e. The molecule has 0 saturated carbocycles. The predicted molar refractivity (Wildman–Crippen MR) is 88.4 cm³/mol. The van der Waals surface area contributed by atoms with Crippen LogP contribution in [0.1, 0.15) is 44.3 Å². The first kappa shape index (κ1) is 14.6. The minimum atomic E-state index is -0.406. The molecule has 1 fully saturated rings. The second kappa shape index (κ2) is 6.59. The Morgan fingerprint density at radius 3 is 2.81 bits per heavy atom. The van der Waals surface area contributed by atoms with Crippen LogP contribution in [0.25, 0.3) is 10.8 Å². The minimum absolute atomic E-state index is 0.406. The number of nitrogens with zero attached hydrogens (tertiary/aromatic N) is 1. The van der Waals surface area contributed by atoms with E-state index in [0.717, 1.165) is 18.7 Å². The van der Waals surface area contributed by atoms with E-state index in [1.54, 1.807) is 0 Å². The molecule has 1 heterocycles. The predicted octanol–water partition coefficient (Wildman–Crippen LogP) is 4.14. The maximum absolute atomic E-state index is 10.7. The summed E-state index contributed by atoms with van der Waals surface area (Å²) in [7, 11) is 0. The summed E-state index contributed by atoms with van der Waals surface area (Å²) in [5.41, 5.74) is 1.06. The topological polar surface area (TPSA) is 23.5 Å². The van der Waals surface area contributed by atoms with Gasteiger partial charge >= 0.3 is 0 Å². The SMILES string of the molecule is CC1CCCCCN1CC(O)c1cccc2ccccc12. The Kier molecular flexibility index (Phi) is 4.57. The van der Waals surface area contributed by atoms with Gasteiger partial charge in [0, 0.05) is 12.6 Å². The molecule has 1 aliphatic rings. The van der Waals surface area contributed by atoms with Crippen LogP contribution in [0, 0.1) is 0 Å². The maximum atomic E-state index is 10.7. The molecule has 1 saturated heterocycles. The van der Waals surface area contributed by atoms with Gasteiger partial charge in [-0.1, -0.05) is 55.3 Å². The van der Waals surface area contributed by atoms with Crippen LogP contribution in [0.15, 0.2) is 42.5 Å². The monoisotopic (exact) mass is 283 g/mol. The molecule has 2 nitrogen and oxygen atoms in total. The molecule has 3 rings (SSSR count). The lowest BCUT2D eigenvalue weighted by Gasteiger charge is -2.29. The Labute approximate surface area is 127 Å². The van der Waals surface area contributed by atoms with E-state index in [9.17, 15) is 5.11 Å². The van der Waals surface area contributed by atoms with Gasteiger partial charge in [-0.05, 0) is 42.6 Å². The highest BCUT2D eigenvalue weighted by molar-refractivity contribution is 5.85. The third-order valence-corrected chi connectivity index (χ3v) is 4.78. The van der Waals surface area contributed by atoms with Crippen LogP contribution in [0.3, 0.4) is 0 Å². The third kappa shape index (κ3) is 3.28. The number of fused-ring (bicyclic) bond motifs is 1. The molecule has 2 heteroatoms. The number of likely N-dealkylation sites (tertiary alicyclic amines) is 1. The van der Waals surface area contributed by atoms with Crippen molar-refractivity contribution in [3.8, 4) is 0 Å². The third-order valence-electron chi connectivity index (χ3n) is 4.78. The van der Waals surface area contributed by atoms with Crippen LogP contribution in [0.4, 0.5) is 0 Å². The highest BCUT2D eigenvalue weighted by Gasteiger charge is 2.21. The van der Waals surface area contributed by atoms with Crippen molar-refractivity contribution in [2.24, 2.45) is 0 Å². The number of hydrogen-bond acceptors (Lipinski definition) is 2. The summed E-state index contributed by atoms with van der Waals surface area (Å²) in [5.74, 6) is 0. The molecule has 0 radical (unpaired) electrons. The Hall–Kier alpha value is -1.38. The fourth-order valence-corrected chi connectivity index (χ4v) is 3.47. The minimum Gasteiger partial charge on any atom is -0.387 e. The van der Waals surface area contributed by atoms with Crippen molar-refractivity contribution in [1.82, 2.24) is 4.90 Å². The molecule has 1 N–H and O–H groups in total.